The highest BCUT2D eigenvalue weighted by atomic mass is 32.2. The van der Waals surface area contributed by atoms with E-state index in [9.17, 15) is 9.90 Å². The summed E-state index contributed by atoms with van der Waals surface area (Å²) < 4.78 is 0. The van der Waals surface area contributed by atoms with Crippen molar-refractivity contribution in [2.45, 2.75) is 11.0 Å². The highest BCUT2D eigenvalue weighted by molar-refractivity contribution is 7.98. The first-order valence-corrected chi connectivity index (χ1v) is 8.62. The fourth-order valence-electron chi connectivity index (χ4n) is 2.23. The molecule has 122 valence electrons. The minimum absolute atomic E-state index is 0.168. The lowest BCUT2D eigenvalue weighted by atomic mass is 10.1. The van der Waals surface area contributed by atoms with Crippen molar-refractivity contribution in [3.05, 3.63) is 59.7 Å². The lowest BCUT2D eigenvalue weighted by Gasteiger charge is -2.16. The van der Waals surface area contributed by atoms with E-state index in [1.165, 1.54) is 11.8 Å². The molecule has 4 nitrogen and oxygen atoms in total. The van der Waals surface area contributed by atoms with Crippen molar-refractivity contribution < 1.29 is 9.90 Å². The molecule has 23 heavy (non-hydrogen) atoms. The second-order valence-corrected chi connectivity index (χ2v) is 6.26. The van der Waals surface area contributed by atoms with E-state index in [1.54, 1.807) is 6.07 Å². The van der Waals surface area contributed by atoms with Gasteiger partial charge in [-0.15, -0.1) is 11.8 Å². The van der Waals surface area contributed by atoms with Crippen LogP contribution in [0.1, 0.15) is 22.0 Å². The molecule has 0 aliphatic rings. The van der Waals surface area contributed by atoms with Crippen LogP contribution in [-0.4, -0.2) is 37.9 Å². The van der Waals surface area contributed by atoms with Crippen LogP contribution in [0.15, 0.2) is 53.4 Å². The van der Waals surface area contributed by atoms with E-state index in [1.807, 2.05) is 67.7 Å². The van der Waals surface area contributed by atoms with Crippen LogP contribution in [0.5, 0.6) is 0 Å². The topological polar surface area (TPSA) is 52.6 Å². The average Bonchev–Trinajstić information content (AvgIpc) is 2.59. The maximum atomic E-state index is 12.3. The van der Waals surface area contributed by atoms with Crippen LogP contribution >= 0.6 is 11.8 Å². The highest BCUT2D eigenvalue weighted by Crippen LogP contribution is 2.20. The van der Waals surface area contributed by atoms with E-state index < -0.39 is 6.10 Å². The molecule has 1 atom stereocenters. The number of thioether (sulfide) groups is 1. The number of nitrogens with one attached hydrogen (secondary N) is 1. The van der Waals surface area contributed by atoms with Crippen molar-refractivity contribution >= 4 is 23.4 Å². The zero-order valence-electron chi connectivity index (χ0n) is 13.6. The Hall–Kier alpha value is -1.98. The van der Waals surface area contributed by atoms with E-state index in [4.69, 9.17) is 0 Å². The molecule has 2 rings (SSSR count). The minimum Gasteiger partial charge on any atom is -0.387 e. The normalized spacial score (nSPS) is 11.8. The van der Waals surface area contributed by atoms with Gasteiger partial charge in [0.1, 0.15) is 0 Å². The molecule has 0 spiro atoms. The Balaban J connectivity index is 1.98. The van der Waals surface area contributed by atoms with E-state index >= 15 is 0 Å². The van der Waals surface area contributed by atoms with Gasteiger partial charge in [-0.25, -0.2) is 0 Å². The highest BCUT2D eigenvalue weighted by Gasteiger charge is 2.13. The van der Waals surface area contributed by atoms with Gasteiger partial charge in [0.25, 0.3) is 5.91 Å². The van der Waals surface area contributed by atoms with Gasteiger partial charge in [-0.2, -0.15) is 0 Å². The summed E-state index contributed by atoms with van der Waals surface area (Å²) in [6.45, 7) is 0.183. The molecule has 2 aromatic carbocycles. The number of rotatable bonds is 6. The third-order valence-electron chi connectivity index (χ3n) is 3.60. The van der Waals surface area contributed by atoms with Crippen LogP contribution in [0.3, 0.4) is 0 Å². The number of aliphatic hydroxyl groups is 1. The number of benzene rings is 2. The monoisotopic (exact) mass is 330 g/mol. The van der Waals surface area contributed by atoms with Crippen molar-refractivity contribution in [1.82, 2.24) is 5.32 Å². The van der Waals surface area contributed by atoms with Gasteiger partial charge in [0.05, 0.1) is 11.7 Å². The second-order valence-electron chi connectivity index (χ2n) is 5.41. The minimum atomic E-state index is -0.725. The predicted molar refractivity (Wildman–Crippen MR) is 96.3 cm³/mol. The van der Waals surface area contributed by atoms with Crippen molar-refractivity contribution in [3.63, 3.8) is 0 Å². The van der Waals surface area contributed by atoms with Crippen LogP contribution in [0.4, 0.5) is 5.69 Å². The standard InChI is InChI=1S/C18H22N2O2S/c1-20(2)14-10-8-13(9-11-14)16(21)12-19-18(22)15-6-4-5-7-17(15)23-3/h4-11,16,21H,12H2,1-3H3,(H,19,22). The third-order valence-corrected chi connectivity index (χ3v) is 4.40. The largest absolute Gasteiger partial charge is 0.387 e. The molecule has 5 heteroatoms. The first kappa shape index (κ1) is 17.4. The molecule has 0 bridgehead atoms. The molecule has 2 N–H and O–H groups in total. The van der Waals surface area contributed by atoms with Gasteiger partial charge in [-0.1, -0.05) is 24.3 Å². The second kappa shape index (κ2) is 8.04. The van der Waals surface area contributed by atoms with Crippen LogP contribution in [-0.2, 0) is 0 Å². The number of amides is 1. The van der Waals surface area contributed by atoms with E-state index in [0.717, 1.165) is 16.1 Å². The summed E-state index contributed by atoms with van der Waals surface area (Å²) in [5, 5.41) is 13.0. The van der Waals surface area contributed by atoms with Crippen LogP contribution in [0.25, 0.3) is 0 Å². The number of carbonyl (C=O) groups is 1. The predicted octanol–water partition coefficient (Wildman–Crippen LogP) is 2.94. The van der Waals surface area contributed by atoms with Gasteiger partial charge in [0.2, 0.25) is 0 Å². The Labute approximate surface area is 141 Å². The Morgan fingerprint density at radius 1 is 1.17 bits per heavy atom. The molecule has 0 radical (unpaired) electrons. The molecule has 1 amide bonds. The number of aliphatic hydroxyl groups excluding tert-OH is 1. The summed E-state index contributed by atoms with van der Waals surface area (Å²) in [5.74, 6) is -0.168. The van der Waals surface area contributed by atoms with Gasteiger partial charge in [-0.05, 0) is 36.1 Å². The molecule has 2 aromatic rings. The quantitative estimate of drug-likeness (QED) is 0.800. The lowest BCUT2D eigenvalue weighted by molar-refractivity contribution is 0.0913. The van der Waals surface area contributed by atoms with E-state index in [2.05, 4.69) is 5.32 Å². The van der Waals surface area contributed by atoms with Gasteiger partial charge < -0.3 is 15.3 Å². The first-order valence-electron chi connectivity index (χ1n) is 7.39. The molecule has 0 saturated carbocycles. The third kappa shape index (κ3) is 4.50. The summed E-state index contributed by atoms with van der Waals surface area (Å²) in [7, 11) is 3.93. The number of nitrogens with zero attached hydrogens (tertiary/aromatic N) is 1. The fraction of sp³-hybridized carbons (Fsp3) is 0.278. The summed E-state index contributed by atoms with van der Waals surface area (Å²) in [4.78, 5) is 15.2. The smallest absolute Gasteiger partial charge is 0.252 e. The number of anilines is 1. The summed E-state index contributed by atoms with van der Waals surface area (Å²) >= 11 is 1.53. The van der Waals surface area contributed by atoms with Crippen LogP contribution in [0.2, 0.25) is 0 Å². The summed E-state index contributed by atoms with van der Waals surface area (Å²) in [6.07, 6.45) is 1.21. The van der Waals surface area contributed by atoms with Crippen molar-refractivity contribution in [2.75, 3.05) is 31.8 Å². The van der Waals surface area contributed by atoms with Gasteiger partial charge in [-0.3, -0.25) is 4.79 Å². The first-order chi connectivity index (χ1) is 11.0. The summed E-state index contributed by atoms with van der Waals surface area (Å²) in [5.41, 5.74) is 2.49. The van der Waals surface area contributed by atoms with Crippen molar-refractivity contribution in [3.8, 4) is 0 Å². The summed E-state index contributed by atoms with van der Waals surface area (Å²) in [6, 6.07) is 15.1. The Bertz CT molecular complexity index is 656. The molecule has 0 aliphatic heterocycles. The lowest BCUT2D eigenvalue weighted by Crippen LogP contribution is -2.28. The van der Waals surface area contributed by atoms with E-state index in [-0.39, 0.29) is 12.5 Å². The number of hydrogen-bond donors (Lipinski definition) is 2. The van der Waals surface area contributed by atoms with Gasteiger partial charge >= 0.3 is 0 Å². The van der Waals surface area contributed by atoms with Gasteiger partial charge in [0, 0.05) is 31.2 Å². The molecule has 0 heterocycles. The molecule has 0 saturated heterocycles. The van der Waals surface area contributed by atoms with Crippen molar-refractivity contribution in [2.24, 2.45) is 0 Å². The van der Waals surface area contributed by atoms with Crippen LogP contribution in [0, 0.1) is 0 Å². The SMILES string of the molecule is CSc1ccccc1C(=O)NCC(O)c1ccc(N(C)C)cc1. The zero-order chi connectivity index (χ0) is 16.8. The maximum absolute atomic E-state index is 12.3. The Morgan fingerprint density at radius 2 is 1.83 bits per heavy atom. The van der Waals surface area contributed by atoms with E-state index in [0.29, 0.717) is 5.56 Å². The van der Waals surface area contributed by atoms with Crippen LogP contribution < -0.4 is 10.2 Å². The molecular weight excluding hydrogens is 308 g/mol. The van der Waals surface area contributed by atoms with Gasteiger partial charge in [0.15, 0.2) is 0 Å². The fourth-order valence-corrected chi connectivity index (χ4v) is 2.82. The average molecular weight is 330 g/mol. The Morgan fingerprint density at radius 3 is 2.43 bits per heavy atom. The zero-order valence-corrected chi connectivity index (χ0v) is 14.4. The molecule has 0 aromatic heterocycles. The number of hydrogen-bond acceptors (Lipinski definition) is 4. The van der Waals surface area contributed by atoms with Crippen molar-refractivity contribution in [1.29, 1.82) is 0 Å². The molecule has 1 unspecified atom stereocenters. The Kier molecular flexibility index (Phi) is 6.07. The molecule has 0 fully saturated rings. The molecule has 0 aliphatic carbocycles. The maximum Gasteiger partial charge on any atom is 0.252 e. The molecular formula is C18H22N2O2S. The number of carbonyl (C=O) groups excluding carboxylic acids is 1.